The van der Waals surface area contributed by atoms with Gasteiger partial charge in [-0.15, -0.1) is 0 Å². The molecule has 0 spiro atoms. The number of thioether (sulfide) groups is 1. The van der Waals surface area contributed by atoms with Crippen molar-refractivity contribution in [3.63, 3.8) is 0 Å². The summed E-state index contributed by atoms with van der Waals surface area (Å²) in [5.74, 6) is -0.902. The number of ether oxygens (including phenoxy) is 1. The van der Waals surface area contributed by atoms with Crippen LogP contribution >= 0.6 is 11.8 Å². The minimum atomic E-state index is -0.866. The molecular formula is C9H10N2O3S. The Morgan fingerprint density at radius 2 is 2.47 bits per heavy atom. The molecule has 1 saturated heterocycles. The number of carbonyl (C=O) groups is 2. The van der Waals surface area contributed by atoms with E-state index in [1.165, 1.54) is 18.0 Å². The Labute approximate surface area is 91.7 Å². The van der Waals surface area contributed by atoms with Gasteiger partial charge in [-0.25, -0.2) is 0 Å². The third-order valence-electron chi connectivity index (χ3n) is 1.81. The lowest BCUT2D eigenvalue weighted by Crippen LogP contribution is -2.31. The molecule has 1 fully saturated rings. The lowest BCUT2D eigenvalue weighted by Gasteiger charge is -2.07. The fraction of sp³-hybridized carbons (Fsp3) is 0.444. The van der Waals surface area contributed by atoms with Gasteiger partial charge >= 0.3 is 5.97 Å². The third-order valence-corrected chi connectivity index (χ3v) is 3.08. The summed E-state index contributed by atoms with van der Waals surface area (Å²) in [5.41, 5.74) is 0. The molecular weight excluding hydrogens is 216 g/mol. The minimum absolute atomic E-state index is 0.240. The van der Waals surface area contributed by atoms with Crippen LogP contribution in [0.2, 0.25) is 0 Å². The van der Waals surface area contributed by atoms with Gasteiger partial charge in [0.15, 0.2) is 5.25 Å². The molecule has 1 amide bonds. The molecule has 1 aliphatic rings. The van der Waals surface area contributed by atoms with Gasteiger partial charge in [-0.1, -0.05) is 11.8 Å². The van der Waals surface area contributed by atoms with E-state index in [0.717, 1.165) is 11.8 Å². The van der Waals surface area contributed by atoms with Gasteiger partial charge in [0.05, 0.1) is 17.7 Å². The molecule has 1 atom stereocenters. The molecule has 1 unspecified atom stereocenters. The lowest BCUT2D eigenvalue weighted by molar-refractivity contribution is -0.146. The summed E-state index contributed by atoms with van der Waals surface area (Å²) in [6.45, 7) is 1.92. The van der Waals surface area contributed by atoms with Crippen LogP contribution in [0.4, 0.5) is 0 Å². The summed E-state index contributed by atoms with van der Waals surface area (Å²) in [7, 11) is 1.53. The summed E-state index contributed by atoms with van der Waals surface area (Å²) in [5, 5.41) is 8.07. The third kappa shape index (κ3) is 2.30. The molecule has 1 rings (SSSR count). The predicted molar refractivity (Wildman–Crippen MR) is 54.5 cm³/mol. The highest BCUT2D eigenvalue weighted by molar-refractivity contribution is 8.05. The second-order valence-corrected chi connectivity index (χ2v) is 3.88. The number of nitrogens with zero attached hydrogens (tertiary/aromatic N) is 2. The Balaban J connectivity index is 2.81. The van der Waals surface area contributed by atoms with E-state index in [9.17, 15) is 9.59 Å². The van der Waals surface area contributed by atoms with Crippen LogP contribution in [0.25, 0.3) is 0 Å². The van der Waals surface area contributed by atoms with Gasteiger partial charge < -0.3 is 9.64 Å². The highest BCUT2D eigenvalue weighted by Gasteiger charge is 2.40. The van der Waals surface area contributed by atoms with Crippen LogP contribution in [-0.2, 0) is 14.3 Å². The number of amides is 1. The van der Waals surface area contributed by atoms with Crippen LogP contribution in [0.15, 0.2) is 11.1 Å². The van der Waals surface area contributed by atoms with Gasteiger partial charge in [0, 0.05) is 13.1 Å². The van der Waals surface area contributed by atoms with Crippen molar-refractivity contribution in [2.75, 3.05) is 13.7 Å². The quantitative estimate of drug-likeness (QED) is 0.389. The van der Waals surface area contributed by atoms with Crippen molar-refractivity contribution >= 4 is 23.6 Å². The van der Waals surface area contributed by atoms with Crippen molar-refractivity contribution in [1.82, 2.24) is 4.90 Å². The number of esters is 1. The van der Waals surface area contributed by atoms with Gasteiger partial charge in [-0.05, 0) is 6.92 Å². The summed E-state index contributed by atoms with van der Waals surface area (Å²) in [6.07, 6.45) is 1.24. The minimum Gasteiger partial charge on any atom is -0.465 e. The molecule has 6 heteroatoms. The molecule has 0 aliphatic carbocycles. The average molecular weight is 226 g/mol. The smallest absolute Gasteiger partial charge is 0.329 e. The summed E-state index contributed by atoms with van der Waals surface area (Å²) in [4.78, 5) is 24.2. The van der Waals surface area contributed by atoms with E-state index in [2.05, 4.69) is 0 Å². The number of carbonyl (C=O) groups excluding carboxylic acids is 2. The SMILES string of the molecule is CCOC(=O)C1SC(=CC#N)N(C)C1=O. The van der Waals surface area contributed by atoms with E-state index in [1.54, 1.807) is 6.92 Å². The van der Waals surface area contributed by atoms with E-state index in [0.29, 0.717) is 5.03 Å². The van der Waals surface area contributed by atoms with Gasteiger partial charge in [0.25, 0.3) is 5.91 Å². The maximum Gasteiger partial charge on any atom is 0.329 e. The lowest BCUT2D eigenvalue weighted by atomic mass is 10.4. The second-order valence-electron chi connectivity index (χ2n) is 2.76. The standard InChI is InChI=1S/C9H10N2O3S/c1-3-14-9(13)7-8(12)11(2)6(15-7)4-5-10/h4,7H,3H2,1-2H3. The molecule has 0 radical (unpaired) electrons. The van der Waals surface area contributed by atoms with Crippen LogP contribution < -0.4 is 0 Å². The first-order valence-electron chi connectivity index (χ1n) is 4.32. The Morgan fingerprint density at radius 3 is 3.00 bits per heavy atom. The van der Waals surface area contributed by atoms with Crippen LogP contribution in [0.3, 0.4) is 0 Å². The normalized spacial score (nSPS) is 23.0. The largest absolute Gasteiger partial charge is 0.465 e. The molecule has 15 heavy (non-hydrogen) atoms. The Kier molecular flexibility index (Phi) is 3.74. The highest BCUT2D eigenvalue weighted by atomic mass is 32.2. The zero-order valence-corrected chi connectivity index (χ0v) is 9.21. The molecule has 0 bridgehead atoms. The maximum atomic E-state index is 11.6. The fourth-order valence-electron chi connectivity index (χ4n) is 1.09. The number of rotatable bonds is 2. The van der Waals surface area contributed by atoms with Crippen LogP contribution in [-0.4, -0.2) is 35.7 Å². The molecule has 0 aromatic rings. The number of hydrogen-bond acceptors (Lipinski definition) is 5. The first-order chi connectivity index (χ1) is 7.11. The van der Waals surface area contributed by atoms with Crippen molar-refractivity contribution < 1.29 is 14.3 Å². The highest BCUT2D eigenvalue weighted by Crippen LogP contribution is 2.34. The van der Waals surface area contributed by atoms with Crippen LogP contribution in [0, 0.1) is 11.3 Å². The Morgan fingerprint density at radius 1 is 1.80 bits per heavy atom. The van der Waals surface area contributed by atoms with E-state index >= 15 is 0 Å². The van der Waals surface area contributed by atoms with E-state index in [-0.39, 0.29) is 12.5 Å². The monoisotopic (exact) mass is 226 g/mol. The van der Waals surface area contributed by atoms with E-state index in [1.807, 2.05) is 6.07 Å². The van der Waals surface area contributed by atoms with Crippen molar-refractivity contribution in [3.8, 4) is 6.07 Å². The number of allylic oxidation sites excluding steroid dienone is 1. The number of nitriles is 1. The van der Waals surface area contributed by atoms with Crippen molar-refractivity contribution in [3.05, 3.63) is 11.1 Å². The molecule has 0 aromatic heterocycles. The van der Waals surface area contributed by atoms with Crippen LogP contribution in [0.1, 0.15) is 6.92 Å². The Hall–Kier alpha value is -1.48. The maximum absolute atomic E-state index is 11.6. The van der Waals surface area contributed by atoms with Gasteiger partial charge in [-0.2, -0.15) is 5.26 Å². The molecule has 1 heterocycles. The topological polar surface area (TPSA) is 70.4 Å². The molecule has 0 aromatic carbocycles. The molecule has 5 nitrogen and oxygen atoms in total. The summed E-state index contributed by atoms with van der Waals surface area (Å²) >= 11 is 1.04. The fourth-order valence-corrected chi connectivity index (χ4v) is 2.12. The van der Waals surface area contributed by atoms with E-state index < -0.39 is 11.2 Å². The second kappa shape index (κ2) is 4.84. The average Bonchev–Trinajstić information content (AvgIpc) is 2.47. The first kappa shape index (κ1) is 11.6. The first-order valence-corrected chi connectivity index (χ1v) is 5.20. The van der Waals surface area contributed by atoms with Gasteiger partial charge in [0.1, 0.15) is 0 Å². The van der Waals surface area contributed by atoms with Gasteiger partial charge in [0.2, 0.25) is 0 Å². The van der Waals surface area contributed by atoms with Crippen molar-refractivity contribution in [2.45, 2.75) is 12.2 Å². The number of hydrogen-bond donors (Lipinski definition) is 0. The zero-order chi connectivity index (χ0) is 11.4. The summed E-state index contributed by atoms with van der Waals surface area (Å²) < 4.78 is 4.75. The van der Waals surface area contributed by atoms with E-state index in [4.69, 9.17) is 10.00 Å². The molecule has 1 aliphatic heterocycles. The predicted octanol–water partition coefficient (Wildman–Crippen LogP) is 0.488. The molecule has 0 N–H and O–H groups in total. The molecule has 80 valence electrons. The molecule has 0 saturated carbocycles. The van der Waals surface area contributed by atoms with Crippen molar-refractivity contribution in [1.29, 1.82) is 5.26 Å². The zero-order valence-electron chi connectivity index (χ0n) is 8.39. The van der Waals surface area contributed by atoms with Gasteiger partial charge in [-0.3, -0.25) is 9.59 Å². The van der Waals surface area contributed by atoms with Crippen molar-refractivity contribution in [2.24, 2.45) is 0 Å². The summed E-state index contributed by atoms with van der Waals surface area (Å²) in [6, 6.07) is 1.82. The van der Waals surface area contributed by atoms with Crippen LogP contribution in [0.5, 0.6) is 0 Å². The Bertz CT molecular complexity index is 359.